The minimum atomic E-state index is -3.90. The fraction of sp³-hybridized carbons (Fsp3) is 0.350. The molecule has 0 aliphatic rings. The fourth-order valence-electron chi connectivity index (χ4n) is 2.50. The molecule has 0 unspecified atom stereocenters. The van der Waals surface area contributed by atoms with E-state index < -0.39 is 15.6 Å². The number of rotatable bonds is 7. The van der Waals surface area contributed by atoms with Gasteiger partial charge in [0, 0.05) is 5.54 Å². The van der Waals surface area contributed by atoms with E-state index in [4.69, 9.17) is 4.74 Å². The number of sulfonamides is 1. The van der Waals surface area contributed by atoms with Crippen LogP contribution in [0.2, 0.25) is 0 Å². The van der Waals surface area contributed by atoms with Crippen LogP contribution >= 0.6 is 0 Å². The van der Waals surface area contributed by atoms with Crippen molar-refractivity contribution >= 4 is 21.6 Å². The predicted octanol–water partition coefficient (Wildman–Crippen LogP) is 3.20. The van der Waals surface area contributed by atoms with Crippen LogP contribution in [0.3, 0.4) is 0 Å². The Labute approximate surface area is 161 Å². The SMILES string of the molecule is CCOc1ccc(N(CC(=O)NC(C)(C)C)S(=O)(=O)c2ccccc2)cc1. The molecule has 0 spiro atoms. The molecule has 0 fully saturated rings. The second kappa shape index (κ2) is 8.43. The van der Waals surface area contributed by atoms with Crippen LogP contribution in [-0.4, -0.2) is 33.0 Å². The average molecular weight is 391 g/mol. The van der Waals surface area contributed by atoms with E-state index in [0.29, 0.717) is 18.0 Å². The first-order valence-electron chi connectivity index (χ1n) is 8.75. The zero-order chi connectivity index (χ0) is 20.1. The summed E-state index contributed by atoms with van der Waals surface area (Å²) in [6.45, 7) is 7.60. The summed E-state index contributed by atoms with van der Waals surface area (Å²) in [5, 5.41) is 2.80. The van der Waals surface area contributed by atoms with Gasteiger partial charge in [-0.05, 0) is 64.1 Å². The number of anilines is 1. The van der Waals surface area contributed by atoms with Crippen molar-refractivity contribution in [2.75, 3.05) is 17.5 Å². The van der Waals surface area contributed by atoms with Crippen LogP contribution in [0.4, 0.5) is 5.69 Å². The third-order valence-corrected chi connectivity index (χ3v) is 5.36. The lowest BCUT2D eigenvalue weighted by atomic mass is 10.1. The van der Waals surface area contributed by atoms with Crippen molar-refractivity contribution < 1.29 is 17.9 Å². The van der Waals surface area contributed by atoms with Gasteiger partial charge in [-0.2, -0.15) is 0 Å². The number of benzene rings is 2. The molecule has 2 aromatic rings. The van der Waals surface area contributed by atoms with Crippen molar-refractivity contribution in [2.45, 2.75) is 38.1 Å². The highest BCUT2D eigenvalue weighted by Crippen LogP contribution is 2.25. The third kappa shape index (κ3) is 5.72. The first-order valence-corrected chi connectivity index (χ1v) is 10.2. The zero-order valence-corrected chi connectivity index (χ0v) is 16.9. The van der Waals surface area contributed by atoms with Crippen molar-refractivity contribution in [3.63, 3.8) is 0 Å². The number of carbonyl (C=O) groups excluding carboxylic acids is 1. The maximum absolute atomic E-state index is 13.2. The Morgan fingerprint density at radius 3 is 2.15 bits per heavy atom. The topological polar surface area (TPSA) is 75.7 Å². The number of nitrogens with one attached hydrogen (secondary N) is 1. The molecule has 0 atom stereocenters. The van der Waals surface area contributed by atoms with Crippen LogP contribution in [0.25, 0.3) is 0 Å². The van der Waals surface area contributed by atoms with Crippen molar-refractivity contribution in [2.24, 2.45) is 0 Å². The summed E-state index contributed by atoms with van der Waals surface area (Å²) in [6, 6.07) is 14.7. The Kier molecular flexibility index (Phi) is 6.49. The van der Waals surface area contributed by atoms with Gasteiger partial charge < -0.3 is 10.1 Å². The van der Waals surface area contributed by atoms with Gasteiger partial charge in [0.1, 0.15) is 12.3 Å². The Balaban J connectivity index is 2.40. The van der Waals surface area contributed by atoms with Gasteiger partial charge in [-0.15, -0.1) is 0 Å². The average Bonchev–Trinajstić information content (AvgIpc) is 2.60. The first kappa shape index (κ1) is 20.8. The Morgan fingerprint density at radius 1 is 1.04 bits per heavy atom. The van der Waals surface area contributed by atoms with E-state index in [1.807, 2.05) is 27.7 Å². The molecule has 0 bridgehead atoms. The maximum Gasteiger partial charge on any atom is 0.264 e. The van der Waals surface area contributed by atoms with Gasteiger partial charge in [0.25, 0.3) is 10.0 Å². The highest BCUT2D eigenvalue weighted by atomic mass is 32.2. The smallest absolute Gasteiger partial charge is 0.264 e. The van der Waals surface area contributed by atoms with Gasteiger partial charge in [0.05, 0.1) is 17.2 Å². The summed E-state index contributed by atoms with van der Waals surface area (Å²) < 4.78 is 32.8. The summed E-state index contributed by atoms with van der Waals surface area (Å²) in [4.78, 5) is 12.6. The van der Waals surface area contributed by atoms with Crippen LogP contribution in [-0.2, 0) is 14.8 Å². The van der Waals surface area contributed by atoms with Gasteiger partial charge in [-0.1, -0.05) is 18.2 Å². The second-order valence-corrected chi connectivity index (χ2v) is 8.91. The molecule has 1 amide bonds. The Morgan fingerprint density at radius 2 is 1.63 bits per heavy atom. The van der Waals surface area contributed by atoms with Crippen molar-refractivity contribution in [1.82, 2.24) is 5.32 Å². The molecule has 146 valence electrons. The molecular formula is C20H26N2O4S. The molecule has 0 saturated carbocycles. The highest BCUT2D eigenvalue weighted by molar-refractivity contribution is 7.92. The first-order chi connectivity index (χ1) is 12.6. The van der Waals surface area contributed by atoms with Crippen LogP contribution < -0.4 is 14.4 Å². The van der Waals surface area contributed by atoms with Gasteiger partial charge >= 0.3 is 0 Å². The van der Waals surface area contributed by atoms with E-state index in [0.717, 1.165) is 4.31 Å². The molecular weight excluding hydrogens is 364 g/mol. The molecule has 0 heterocycles. The van der Waals surface area contributed by atoms with Crippen LogP contribution in [0.1, 0.15) is 27.7 Å². The monoisotopic (exact) mass is 390 g/mol. The fourth-order valence-corrected chi connectivity index (χ4v) is 3.94. The maximum atomic E-state index is 13.2. The van der Waals surface area contributed by atoms with Gasteiger partial charge in [-0.25, -0.2) is 8.42 Å². The number of carbonyl (C=O) groups is 1. The summed E-state index contributed by atoms with van der Waals surface area (Å²) in [7, 11) is -3.90. The molecule has 7 heteroatoms. The van der Waals surface area contributed by atoms with Crippen molar-refractivity contribution in [3.05, 3.63) is 54.6 Å². The van der Waals surface area contributed by atoms with Crippen LogP contribution in [0.15, 0.2) is 59.5 Å². The summed E-state index contributed by atoms with van der Waals surface area (Å²) in [5.41, 5.74) is -0.0654. The van der Waals surface area contributed by atoms with E-state index in [2.05, 4.69) is 5.32 Å². The summed E-state index contributed by atoms with van der Waals surface area (Å²) in [6.07, 6.45) is 0. The van der Waals surface area contributed by atoms with Gasteiger partial charge in [-0.3, -0.25) is 9.10 Å². The van der Waals surface area contributed by atoms with E-state index in [9.17, 15) is 13.2 Å². The van der Waals surface area contributed by atoms with E-state index in [-0.39, 0.29) is 17.3 Å². The molecule has 0 saturated heterocycles. The van der Waals surface area contributed by atoms with Crippen molar-refractivity contribution in [1.29, 1.82) is 0 Å². The number of nitrogens with zero attached hydrogens (tertiary/aromatic N) is 1. The molecule has 1 N–H and O–H groups in total. The number of hydrogen-bond donors (Lipinski definition) is 1. The van der Waals surface area contributed by atoms with Crippen LogP contribution in [0, 0.1) is 0 Å². The Hall–Kier alpha value is -2.54. The normalized spacial score (nSPS) is 11.7. The minimum Gasteiger partial charge on any atom is -0.494 e. The number of hydrogen-bond acceptors (Lipinski definition) is 4. The molecule has 0 radical (unpaired) electrons. The number of amides is 1. The largest absolute Gasteiger partial charge is 0.494 e. The lowest BCUT2D eigenvalue weighted by Crippen LogP contribution is -2.47. The quantitative estimate of drug-likeness (QED) is 0.788. The van der Waals surface area contributed by atoms with E-state index in [1.165, 1.54) is 12.1 Å². The zero-order valence-electron chi connectivity index (χ0n) is 16.1. The van der Waals surface area contributed by atoms with E-state index in [1.54, 1.807) is 42.5 Å². The molecule has 0 aromatic heterocycles. The minimum absolute atomic E-state index is 0.127. The van der Waals surface area contributed by atoms with Gasteiger partial charge in [0.15, 0.2) is 0 Å². The summed E-state index contributed by atoms with van der Waals surface area (Å²) in [5.74, 6) is 0.258. The molecule has 2 aromatic carbocycles. The number of ether oxygens (including phenoxy) is 1. The lowest BCUT2D eigenvalue weighted by Gasteiger charge is -2.27. The Bertz CT molecular complexity index is 857. The predicted molar refractivity (Wildman–Crippen MR) is 106 cm³/mol. The molecule has 27 heavy (non-hydrogen) atoms. The third-order valence-electron chi connectivity index (χ3n) is 3.57. The highest BCUT2D eigenvalue weighted by Gasteiger charge is 2.28. The molecule has 0 aliphatic carbocycles. The standard InChI is InChI=1S/C20H26N2O4S/c1-5-26-17-13-11-16(12-14-17)22(15-19(23)21-20(2,3)4)27(24,25)18-9-7-6-8-10-18/h6-14H,5,15H2,1-4H3,(H,21,23). The van der Waals surface area contributed by atoms with Gasteiger partial charge in [0.2, 0.25) is 5.91 Å². The second-order valence-electron chi connectivity index (χ2n) is 7.05. The molecule has 6 nitrogen and oxygen atoms in total. The molecule has 0 aliphatic heterocycles. The summed E-state index contributed by atoms with van der Waals surface area (Å²) >= 11 is 0. The lowest BCUT2D eigenvalue weighted by molar-refractivity contribution is -0.121. The molecule has 2 rings (SSSR count). The van der Waals surface area contributed by atoms with Crippen LogP contribution in [0.5, 0.6) is 5.75 Å². The van der Waals surface area contributed by atoms with Crippen molar-refractivity contribution in [3.8, 4) is 5.75 Å². The van der Waals surface area contributed by atoms with E-state index >= 15 is 0 Å².